The maximum atomic E-state index is 11.5. The van der Waals surface area contributed by atoms with E-state index in [9.17, 15) is 8.42 Å². The van der Waals surface area contributed by atoms with Crippen molar-refractivity contribution in [2.24, 2.45) is 11.7 Å². The molecular formula is C10H23N3O2S. The normalized spacial score (nSPS) is 19.0. The molecule has 96 valence electrons. The molecule has 16 heavy (non-hydrogen) atoms. The molecule has 5 nitrogen and oxygen atoms in total. The first-order valence-corrected chi connectivity index (χ1v) is 7.49. The summed E-state index contributed by atoms with van der Waals surface area (Å²) in [7, 11) is -3.34. The van der Waals surface area contributed by atoms with Crippen molar-refractivity contribution in [1.29, 1.82) is 0 Å². The molecule has 1 unspecified atom stereocenters. The summed E-state index contributed by atoms with van der Waals surface area (Å²) in [6, 6.07) is 0.0349. The number of nitrogens with two attached hydrogens (primary N) is 1. The van der Waals surface area contributed by atoms with Gasteiger partial charge in [0.05, 0.1) is 0 Å². The van der Waals surface area contributed by atoms with Gasteiger partial charge >= 0.3 is 0 Å². The third-order valence-corrected chi connectivity index (χ3v) is 4.25. The minimum atomic E-state index is -3.34. The largest absolute Gasteiger partial charge is 0.326 e. The van der Waals surface area contributed by atoms with Gasteiger partial charge in [-0.15, -0.1) is 0 Å². The third kappa shape index (κ3) is 4.78. The lowest BCUT2D eigenvalue weighted by molar-refractivity contribution is 0.392. The van der Waals surface area contributed by atoms with Gasteiger partial charge in [-0.3, -0.25) is 0 Å². The van der Waals surface area contributed by atoms with Crippen LogP contribution >= 0.6 is 0 Å². The molecule has 1 fully saturated rings. The SMILES string of the molecule is CCC(CC)C(N)CNS(=O)(=O)NC1CC1. The van der Waals surface area contributed by atoms with Crippen LogP contribution in [0.3, 0.4) is 0 Å². The molecule has 4 N–H and O–H groups in total. The summed E-state index contributed by atoms with van der Waals surface area (Å²) in [5.41, 5.74) is 5.94. The zero-order valence-corrected chi connectivity index (χ0v) is 10.9. The van der Waals surface area contributed by atoms with Crippen molar-refractivity contribution in [1.82, 2.24) is 9.44 Å². The Morgan fingerprint density at radius 2 is 1.88 bits per heavy atom. The average molecular weight is 249 g/mol. The van der Waals surface area contributed by atoms with Crippen LogP contribution in [0.25, 0.3) is 0 Å². The third-order valence-electron chi connectivity index (χ3n) is 3.06. The quantitative estimate of drug-likeness (QED) is 0.580. The van der Waals surface area contributed by atoms with Gasteiger partial charge in [-0.2, -0.15) is 13.1 Å². The molecule has 0 radical (unpaired) electrons. The molecule has 0 aromatic rings. The van der Waals surface area contributed by atoms with Crippen LogP contribution in [0.15, 0.2) is 0 Å². The van der Waals surface area contributed by atoms with Gasteiger partial charge in [-0.05, 0) is 18.8 Å². The molecule has 1 atom stereocenters. The maximum absolute atomic E-state index is 11.5. The van der Waals surface area contributed by atoms with Gasteiger partial charge in [0.2, 0.25) is 0 Å². The first kappa shape index (κ1) is 13.9. The van der Waals surface area contributed by atoms with Crippen LogP contribution in [0.5, 0.6) is 0 Å². The Labute approximate surface area is 98.4 Å². The van der Waals surface area contributed by atoms with Crippen LogP contribution < -0.4 is 15.2 Å². The molecule has 0 bridgehead atoms. The highest BCUT2D eigenvalue weighted by atomic mass is 32.2. The van der Waals surface area contributed by atoms with Crippen molar-refractivity contribution >= 4 is 10.2 Å². The summed E-state index contributed by atoms with van der Waals surface area (Å²) in [6.07, 6.45) is 3.85. The van der Waals surface area contributed by atoms with Gasteiger partial charge in [-0.25, -0.2) is 4.72 Å². The van der Waals surface area contributed by atoms with Crippen LogP contribution in [0.1, 0.15) is 39.5 Å². The summed E-state index contributed by atoms with van der Waals surface area (Å²) < 4.78 is 28.1. The van der Waals surface area contributed by atoms with E-state index in [1.165, 1.54) is 0 Å². The standard InChI is InChI=1S/C10H23N3O2S/c1-3-8(4-2)10(11)7-12-16(14,15)13-9-5-6-9/h8-10,12-13H,3-7,11H2,1-2H3. The molecular weight excluding hydrogens is 226 g/mol. The number of nitrogens with one attached hydrogen (secondary N) is 2. The fourth-order valence-corrected chi connectivity index (χ4v) is 2.90. The highest BCUT2D eigenvalue weighted by Crippen LogP contribution is 2.19. The maximum Gasteiger partial charge on any atom is 0.277 e. The second-order valence-corrected chi connectivity index (χ2v) is 6.02. The summed E-state index contributed by atoms with van der Waals surface area (Å²) in [5, 5.41) is 0. The van der Waals surface area contributed by atoms with E-state index in [1.54, 1.807) is 0 Å². The van der Waals surface area contributed by atoms with Crippen LogP contribution in [0, 0.1) is 5.92 Å². The van der Waals surface area contributed by atoms with E-state index >= 15 is 0 Å². The van der Waals surface area contributed by atoms with Crippen molar-refractivity contribution in [3.8, 4) is 0 Å². The Morgan fingerprint density at radius 1 is 1.31 bits per heavy atom. The number of rotatable bonds is 8. The first-order chi connectivity index (χ1) is 7.48. The summed E-state index contributed by atoms with van der Waals surface area (Å²) >= 11 is 0. The smallest absolute Gasteiger partial charge is 0.277 e. The fraction of sp³-hybridized carbons (Fsp3) is 1.00. The van der Waals surface area contributed by atoms with Crippen LogP contribution in [-0.4, -0.2) is 27.0 Å². The minimum absolute atomic E-state index is 0.106. The van der Waals surface area contributed by atoms with Crippen molar-refractivity contribution in [2.45, 2.75) is 51.6 Å². The molecule has 0 aromatic carbocycles. The molecule has 1 saturated carbocycles. The van der Waals surface area contributed by atoms with Gasteiger partial charge < -0.3 is 5.73 Å². The summed E-state index contributed by atoms with van der Waals surface area (Å²) in [6.45, 7) is 4.46. The van der Waals surface area contributed by atoms with E-state index < -0.39 is 10.2 Å². The summed E-state index contributed by atoms with van der Waals surface area (Å²) in [4.78, 5) is 0. The van der Waals surface area contributed by atoms with Crippen molar-refractivity contribution in [3.63, 3.8) is 0 Å². The molecule has 0 amide bonds. The lowest BCUT2D eigenvalue weighted by atomic mass is 9.95. The monoisotopic (exact) mass is 249 g/mol. The van der Waals surface area contributed by atoms with Gasteiger partial charge in [0.15, 0.2) is 0 Å². The van der Waals surface area contributed by atoms with Crippen molar-refractivity contribution in [3.05, 3.63) is 0 Å². The Bertz CT molecular complexity index is 297. The molecule has 0 saturated heterocycles. The Morgan fingerprint density at radius 3 is 2.31 bits per heavy atom. The predicted molar refractivity (Wildman–Crippen MR) is 65.1 cm³/mol. The Kier molecular flexibility index (Phi) is 5.17. The van der Waals surface area contributed by atoms with Crippen LogP contribution in [-0.2, 0) is 10.2 Å². The molecule has 6 heteroatoms. The van der Waals surface area contributed by atoms with Gasteiger partial charge in [0, 0.05) is 18.6 Å². The molecule has 1 rings (SSSR count). The second-order valence-electron chi connectivity index (χ2n) is 4.48. The Balaban J connectivity index is 2.31. The van der Waals surface area contributed by atoms with Gasteiger partial charge in [0.25, 0.3) is 10.2 Å². The molecule has 0 heterocycles. The van der Waals surface area contributed by atoms with Crippen LogP contribution in [0.4, 0.5) is 0 Å². The molecule has 0 spiro atoms. The van der Waals surface area contributed by atoms with Gasteiger partial charge in [-0.1, -0.05) is 26.7 Å². The molecule has 0 aliphatic heterocycles. The van der Waals surface area contributed by atoms with Crippen LogP contribution in [0.2, 0.25) is 0 Å². The number of hydrogen-bond acceptors (Lipinski definition) is 3. The highest BCUT2D eigenvalue weighted by molar-refractivity contribution is 7.87. The second kappa shape index (κ2) is 5.95. The molecule has 1 aliphatic carbocycles. The van der Waals surface area contributed by atoms with E-state index in [1.807, 2.05) is 0 Å². The van der Waals surface area contributed by atoms with E-state index in [0.717, 1.165) is 25.7 Å². The minimum Gasteiger partial charge on any atom is -0.326 e. The Hall–Kier alpha value is -0.170. The van der Waals surface area contributed by atoms with E-state index in [4.69, 9.17) is 5.73 Å². The predicted octanol–water partition coefficient (Wildman–Crippen LogP) is 0.336. The zero-order valence-electron chi connectivity index (χ0n) is 10.1. The molecule has 1 aliphatic rings. The average Bonchev–Trinajstić information content (AvgIpc) is 3.00. The van der Waals surface area contributed by atoms with Crippen molar-refractivity contribution < 1.29 is 8.42 Å². The highest BCUT2D eigenvalue weighted by Gasteiger charge is 2.27. The van der Waals surface area contributed by atoms with E-state index in [0.29, 0.717) is 12.5 Å². The number of hydrogen-bond donors (Lipinski definition) is 3. The van der Waals surface area contributed by atoms with Crippen molar-refractivity contribution in [2.75, 3.05) is 6.54 Å². The zero-order chi connectivity index (χ0) is 12.2. The topological polar surface area (TPSA) is 84.2 Å². The first-order valence-electron chi connectivity index (χ1n) is 6.01. The van der Waals surface area contributed by atoms with E-state index in [2.05, 4.69) is 23.3 Å². The van der Waals surface area contributed by atoms with E-state index in [-0.39, 0.29) is 12.1 Å². The molecule has 0 aromatic heterocycles. The lowest BCUT2D eigenvalue weighted by Gasteiger charge is -2.21. The summed E-state index contributed by atoms with van der Waals surface area (Å²) in [5.74, 6) is 0.378. The lowest BCUT2D eigenvalue weighted by Crippen LogP contribution is -2.46. The fourth-order valence-electron chi connectivity index (χ4n) is 1.73. The van der Waals surface area contributed by atoms with Gasteiger partial charge in [0.1, 0.15) is 0 Å².